The Morgan fingerprint density at radius 1 is 1.26 bits per heavy atom. The molecule has 0 atom stereocenters. The second-order valence-corrected chi connectivity index (χ2v) is 3.92. The molecule has 0 aliphatic rings. The number of para-hydroxylation sites is 1. The van der Waals surface area contributed by atoms with Gasteiger partial charge in [0, 0.05) is 0 Å². The summed E-state index contributed by atoms with van der Waals surface area (Å²) < 4.78 is 38.9. The van der Waals surface area contributed by atoms with E-state index in [0.29, 0.717) is 0 Å². The van der Waals surface area contributed by atoms with Crippen LogP contribution in [0.4, 0.5) is 13.2 Å². The van der Waals surface area contributed by atoms with E-state index in [0.717, 1.165) is 4.68 Å². The van der Waals surface area contributed by atoms with Crippen LogP contribution in [0.25, 0.3) is 5.69 Å². The molecule has 1 heterocycles. The van der Waals surface area contributed by atoms with Gasteiger partial charge in [0.15, 0.2) is 5.69 Å². The fraction of sp³-hybridized carbons (Fsp3) is 0.0909. The molecule has 0 spiro atoms. The highest BCUT2D eigenvalue weighted by atomic mass is 35.5. The Balaban J connectivity index is 2.70. The van der Waals surface area contributed by atoms with Crippen molar-refractivity contribution in [1.29, 1.82) is 0 Å². The first-order valence-corrected chi connectivity index (χ1v) is 5.34. The van der Waals surface area contributed by atoms with Gasteiger partial charge < -0.3 is 5.11 Å². The average molecular weight is 291 g/mol. The van der Waals surface area contributed by atoms with Crippen LogP contribution >= 0.6 is 11.6 Å². The van der Waals surface area contributed by atoms with Crippen molar-refractivity contribution in [2.45, 2.75) is 6.18 Å². The Kier molecular flexibility index (Phi) is 3.23. The van der Waals surface area contributed by atoms with Crippen molar-refractivity contribution in [1.82, 2.24) is 9.78 Å². The lowest BCUT2D eigenvalue weighted by atomic mass is 10.2. The van der Waals surface area contributed by atoms with E-state index in [1.165, 1.54) is 12.1 Å². The van der Waals surface area contributed by atoms with E-state index in [1.54, 1.807) is 18.2 Å². The summed E-state index contributed by atoms with van der Waals surface area (Å²) in [4.78, 5) is 10.9. The Labute approximate surface area is 110 Å². The van der Waals surface area contributed by atoms with E-state index >= 15 is 0 Å². The second-order valence-electron chi connectivity index (χ2n) is 3.56. The third-order valence-corrected chi connectivity index (χ3v) is 2.66. The van der Waals surface area contributed by atoms with E-state index < -0.39 is 28.6 Å². The highest BCUT2D eigenvalue weighted by molar-refractivity contribution is 6.33. The molecule has 0 bridgehead atoms. The zero-order valence-corrected chi connectivity index (χ0v) is 9.90. The van der Waals surface area contributed by atoms with Gasteiger partial charge in [0.05, 0.1) is 5.69 Å². The molecule has 19 heavy (non-hydrogen) atoms. The predicted octanol–water partition coefficient (Wildman–Crippen LogP) is 3.24. The first kappa shape index (κ1) is 13.4. The molecule has 0 unspecified atom stereocenters. The zero-order valence-electron chi connectivity index (χ0n) is 9.15. The zero-order chi connectivity index (χ0) is 14.2. The van der Waals surface area contributed by atoms with Gasteiger partial charge in [-0.05, 0) is 12.1 Å². The molecule has 2 aromatic rings. The molecule has 100 valence electrons. The molecule has 2 rings (SSSR count). The summed E-state index contributed by atoms with van der Waals surface area (Å²) in [6.45, 7) is 0. The molecule has 0 aliphatic carbocycles. The molecular formula is C11H6ClF3N2O2. The highest BCUT2D eigenvalue weighted by Gasteiger charge is 2.41. The summed E-state index contributed by atoms with van der Waals surface area (Å²) in [7, 11) is 0. The smallest absolute Gasteiger partial charge is 0.436 e. The van der Waals surface area contributed by atoms with Crippen LogP contribution in [0.1, 0.15) is 16.1 Å². The number of hydrogen-bond donors (Lipinski definition) is 1. The molecule has 0 amide bonds. The van der Waals surface area contributed by atoms with Crippen molar-refractivity contribution in [3.8, 4) is 5.69 Å². The average Bonchev–Trinajstić information content (AvgIpc) is 2.68. The van der Waals surface area contributed by atoms with Crippen molar-refractivity contribution in [2.24, 2.45) is 0 Å². The molecule has 0 radical (unpaired) electrons. The van der Waals surface area contributed by atoms with Gasteiger partial charge >= 0.3 is 12.1 Å². The van der Waals surface area contributed by atoms with Crippen LogP contribution in [0, 0.1) is 0 Å². The van der Waals surface area contributed by atoms with E-state index in [9.17, 15) is 18.0 Å². The number of halogens is 4. The third-order valence-electron chi connectivity index (χ3n) is 2.31. The second kappa shape index (κ2) is 4.58. The first-order valence-electron chi connectivity index (χ1n) is 4.97. The summed E-state index contributed by atoms with van der Waals surface area (Å²) in [5.41, 5.74) is -2.34. The van der Waals surface area contributed by atoms with Crippen LogP contribution < -0.4 is 0 Å². The van der Waals surface area contributed by atoms with E-state index in [2.05, 4.69) is 5.10 Å². The minimum absolute atomic E-state index is 0.241. The van der Waals surface area contributed by atoms with E-state index in [4.69, 9.17) is 16.7 Å². The number of carbonyl (C=O) groups is 1. The molecule has 1 N–H and O–H groups in total. The number of rotatable bonds is 2. The number of benzene rings is 1. The Bertz CT molecular complexity index is 623. The molecule has 1 aromatic carbocycles. The summed E-state index contributed by atoms with van der Waals surface area (Å²) in [5.74, 6) is -1.78. The monoisotopic (exact) mass is 290 g/mol. The number of carboxylic acids is 1. The van der Waals surface area contributed by atoms with Gasteiger partial charge in [-0.1, -0.05) is 29.8 Å². The lowest BCUT2D eigenvalue weighted by molar-refractivity contribution is -0.141. The molecule has 8 heteroatoms. The Morgan fingerprint density at radius 2 is 1.84 bits per heavy atom. The normalized spacial score (nSPS) is 11.6. The minimum atomic E-state index is -4.89. The quantitative estimate of drug-likeness (QED) is 0.924. The Hall–Kier alpha value is -2.02. The van der Waals surface area contributed by atoms with E-state index in [-0.39, 0.29) is 5.69 Å². The number of aromatic nitrogens is 2. The topological polar surface area (TPSA) is 55.1 Å². The predicted molar refractivity (Wildman–Crippen MR) is 60.5 cm³/mol. The SMILES string of the molecule is O=C(O)c1c(C(F)(F)F)nn(-c2ccccc2)c1Cl. The van der Waals surface area contributed by atoms with Crippen LogP contribution in [-0.4, -0.2) is 20.9 Å². The standard InChI is InChI=1S/C11H6ClF3N2O2/c12-9-7(10(18)19)8(11(13,14)15)16-17(9)6-4-2-1-3-5-6/h1-5H,(H,18,19). The van der Waals surface area contributed by atoms with Gasteiger partial charge in [-0.15, -0.1) is 0 Å². The Morgan fingerprint density at radius 3 is 2.26 bits per heavy atom. The van der Waals surface area contributed by atoms with Crippen molar-refractivity contribution < 1.29 is 23.1 Å². The fourth-order valence-corrected chi connectivity index (χ4v) is 1.83. The summed E-state index contributed by atoms with van der Waals surface area (Å²) in [5, 5.41) is 11.5. The molecule has 0 saturated heterocycles. The number of alkyl halides is 3. The molecule has 4 nitrogen and oxygen atoms in total. The van der Waals surface area contributed by atoms with Crippen LogP contribution in [0.3, 0.4) is 0 Å². The molecule has 1 aromatic heterocycles. The fourth-order valence-electron chi connectivity index (χ4n) is 1.53. The maximum Gasteiger partial charge on any atom is 0.436 e. The van der Waals surface area contributed by atoms with Crippen molar-refractivity contribution in [3.05, 3.63) is 46.7 Å². The van der Waals surface area contributed by atoms with E-state index in [1.807, 2.05) is 0 Å². The van der Waals surface area contributed by atoms with Gasteiger partial charge in [-0.3, -0.25) is 0 Å². The number of carboxylic acid groups (broad SMARTS) is 1. The third kappa shape index (κ3) is 2.41. The van der Waals surface area contributed by atoms with Crippen molar-refractivity contribution in [2.75, 3.05) is 0 Å². The lowest BCUT2D eigenvalue weighted by Crippen LogP contribution is -2.12. The maximum absolute atomic E-state index is 12.7. The highest BCUT2D eigenvalue weighted by Crippen LogP contribution is 2.35. The molecule has 0 fully saturated rings. The van der Waals surface area contributed by atoms with Gasteiger partial charge in [-0.2, -0.15) is 18.3 Å². The number of hydrogen-bond acceptors (Lipinski definition) is 2. The lowest BCUT2D eigenvalue weighted by Gasteiger charge is -2.02. The van der Waals surface area contributed by atoms with Gasteiger partial charge in [0.2, 0.25) is 0 Å². The van der Waals surface area contributed by atoms with Gasteiger partial charge in [0.25, 0.3) is 0 Å². The van der Waals surface area contributed by atoms with Crippen LogP contribution in [0.15, 0.2) is 30.3 Å². The summed E-state index contributed by atoms with van der Waals surface area (Å²) in [6, 6.07) is 7.72. The number of aromatic carboxylic acids is 1. The molecule has 0 saturated carbocycles. The summed E-state index contributed by atoms with van der Waals surface area (Å²) in [6.07, 6.45) is -4.89. The minimum Gasteiger partial charge on any atom is -0.478 e. The summed E-state index contributed by atoms with van der Waals surface area (Å²) >= 11 is 5.68. The number of nitrogens with zero attached hydrogens (tertiary/aromatic N) is 2. The van der Waals surface area contributed by atoms with Gasteiger partial charge in [-0.25, -0.2) is 9.48 Å². The maximum atomic E-state index is 12.7. The molecular weight excluding hydrogens is 285 g/mol. The first-order chi connectivity index (χ1) is 8.82. The van der Waals surface area contributed by atoms with Crippen molar-refractivity contribution in [3.63, 3.8) is 0 Å². The molecule has 0 aliphatic heterocycles. The van der Waals surface area contributed by atoms with Crippen LogP contribution in [-0.2, 0) is 6.18 Å². The van der Waals surface area contributed by atoms with Gasteiger partial charge in [0.1, 0.15) is 10.7 Å². The van der Waals surface area contributed by atoms with Crippen LogP contribution in [0.5, 0.6) is 0 Å². The largest absolute Gasteiger partial charge is 0.478 e. The van der Waals surface area contributed by atoms with Crippen LogP contribution in [0.2, 0.25) is 5.15 Å². The van der Waals surface area contributed by atoms with Crippen molar-refractivity contribution >= 4 is 17.6 Å².